The molecule has 1 unspecified atom stereocenters. The zero-order chi connectivity index (χ0) is 10.1. The Kier molecular flexibility index (Phi) is 8.46. The summed E-state index contributed by atoms with van der Waals surface area (Å²) in [6.07, 6.45) is 5.06. The van der Waals surface area contributed by atoms with E-state index in [1.54, 1.807) is 0 Å². The van der Waals surface area contributed by atoms with Crippen LogP contribution in [0.25, 0.3) is 0 Å². The zero-order valence-corrected chi connectivity index (χ0v) is 10.8. The maximum atomic E-state index is 3.62. The van der Waals surface area contributed by atoms with Gasteiger partial charge in [0.1, 0.15) is 8.96 Å². The lowest BCUT2D eigenvalue weighted by Crippen LogP contribution is -2.31. The van der Waals surface area contributed by atoms with Crippen LogP contribution in [0, 0.1) is 5.92 Å². The number of rotatable bonds is 7. The van der Waals surface area contributed by atoms with Gasteiger partial charge in [0, 0.05) is 0 Å². The van der Waals surface area contributed by atoms with E-state index in [0.717, 1.165) is 6.54 Å². The first kappa shape index (κ1) is 12.9. The van der Waals surface area contributed by atoms with E-state index in [4.69, 9.17) is 0 Å². The lowest BCUT2D eigenvalue weighted by molar-refractivity contribution is 0.828. The van der Waals surface area contributed by atoms with Crippen LogP contribution in [0.3, 0.4) is 0 Å². The Balaban J connectivity index is 3.78. The summed E-state index contributed by atoms with van der Waals surface area (Å²) in [6.45, 7) is 10.1. The molecule has 0 fully saturated rings. The fraction of sp³-hybridized carbons (Fsp3) is 0.818. The first-order valence-corrected chi connectivity index (χ1v) is 7.68. The lowest BCUT2D eigenvalue weighted by Gasteiger charge is -2.11. The van der Waals surface area contributed by atoms with Gasteiger partial charge in [0.25, 0.3) is 0 Å². The van der Waals surface area contributed by atoms with E-state index < -0.39 is 8.96 Å². The molecule has 0 saturated heterocycles. The Bertz CT molecular complexity index is 132. The molecule has 13 heavy (non-hydrogen) atoms. The van der Waals surface area contributed by atoms with Gasteiger partial charge in [-0.15, -0.1) is 0 Å². The molecule has 2 heteroatoms. The Hall–Kier alpha value is -0.0831. The molecule has 1 nitrogen and oxygen atoms in total. The second-order valence-corrected chi connectivity index (χ2v) is 6.52. The minimum atomic E-state index is -0.738. The third-order valence-corrected chi connectivity index (χ3v) is 4.71. The topological polar surface area (TPSA) is 12.0 Å². The van der Waals surface area contributed by atoms with Crippen LogP contribution in [-0.4, -0.2) is 15.5 Å². The molecule has 0 saturated carbocycles. The van der Waals surface area contributed by atoms with Crippen molar-refractivity contribution in [1.29, 1.82) is 0 Å². The van der Waals surface area contributed by atoms with Gasteiger partial charge in [0.05, 0.1) is 0 Å². The molecule has 0 aromatic carbocycles. The van der Waals surface area contributed by atoms with Crippen LogP contribution in [-0.2, 0) is 0 Å². The molecule has 0 aliphatic heterocycles. The van der Waals surface area contributed by atoms with Crippen LogP contribution >= 0.6 is 0 Å². The van der Waals surface area contributed by atoms with E-state index in [0.29, 0.717) is 5.92 Å². The molecule has 1 N–H and O–H groups in total. The number of hydrogen-bond acceptors (Lipinski definition) is 1. The molecule has 0 bridgehead atoms. The Labute approximate surface area is 85.3 Å². The van der Waals surface area contributed by atoms with Gasteiger partial charge in [0.15, 0.2) is 0 Å². The predicted molar refractivity (Wildman–Crippen MR) is 64.5 cm³/mol. The summed E-state index contributed by atoms with van der Waals surface area (Å²) in [5, 5.41) is 0. The first-order chi connectivity index (χ1) is 6.20. The number of allylic oxidation sites excluding steroid dienone is 1. The van der Waals surface area contributed by atoms with Crippen molar-refractivity contribution in [3.63, 3.8) is 0 Å². The summed E-state index contributed by atoms with van der Waals surface area (Å²) in [5.74, 6) is 0.704. The van der Waals surface area contributed by atoms with Crippen LogP contribution in [0.1, 0.15) is 40.5 Å². The van der Waals surface area contributed by atoms with Gasteiger partial charge in [0.2, 0.25) is 0 Å². The molecule has 78 valence electrons. The molecule has 0 amide bonds. The molecule has 0 radical (unpaired) electrons. The second kappa shape index (κ2) is 8.51. The number of unbranched alkanes of at least 4 members (excludes halogenated alkanes) is 1. The summed E-state index contributed by atoms with van der Waals surface area (Å²) in [6, 6.07) is 1.41. The number of nitrogens with one attached hydrogen (secondary N) is 1. The van der Waals surface area contributed by atoms with Crippen LogP contribution < -0.4 is 4.98 Å². The Morgan fingerprint density at radius 1 is 1.31 bits per heavy atom. The quantitative estimate of drug-likeness (QED) is 0.622. The van der Waals surface area contributed by atoms with Crippen molar-refractivity contribution < 1.29 is 0 Å². The average Bonchev–Trinajstić information content (AvgIpc) is 2.09. The van der Waals surface area contributed by atoms with Gasteiger partial charge in [-0.1, -0.05) is 52.3 Å². The van der Waals surface area contributed by atoms with Gasteiger partial charge in [-0.3, -0.25) is 0 Å². The monoisotopic (exact) mass is 199 g/mol. The van der Waals surface area contributed by atoms with E-state index in [1.165, 1.54) is 18.9 Å². The Morgan fingerprint density at radius 2 is 2.00 bits per heavy atom. The van der Waals surface area contributed by atoms with E-state index in [9.17, 15) is 0 Å². The molecule has 0 rings (SSSR count). The van der Waals surface area contributed by atoms with Gasteiger partial charge >= 0.3 is 0 Å². The van der Waals surface area contributed by atoms with E-state index in [-0.39, 0.29) is 0 Å². The van der Waals surface area contributed by atoms with Crippen LogP contribution in [0.15, 0.2) is 11.8 Å². The molecular weight excluding hydrogens is 174 g/mol. The minimum absolute atomic E-state index is 0.704. The van der Waals surface area contributed by atoms with Crippen molar-refractivity contribution in [2.75, 3.05) is 6.54 Å². The molecule has 0 aromatic rings. The zero-order valence-electron chi connectivity index (χ0n) is 9.64. The summed E-state index contributed by atoms with van der Waals surface area (Å²) >= 11 is 0. The predicted octanol–water partition coefficient (Wildman–Crippen LogP) is 2.87. The summed E-state index contributed by atoms with van der Waals surface area (Å²) in [5.41, 5.74) is 2.46. The first-order valence-electron chi connectivity index (χ1n) is 5.62. The standard InChI is InChI=1S/C11H25NSi/c1-5-7-9-13(12-6-2)10-8-11(3)4/h8,10-13H,5-7,9H2,1-4H3. The minimum Gasteiger partial charge on any atom is -0.337 e. The van der Waals surface area contributed by atoms with Crippen LogP contribution in [0.2, 0.25) is 6.04 Å². The van der Waals surface area contributed by atoms with Gasteiger partial charge in [-0.2, -0.15) is 0 Å². The fourth-order valence-corrected chi connectivity index (χ4v) is 3.93. The van der Waals surface area contributed by atoms with E-state index in [1.807, 2.05) is 0 Å². The summed E-state index contributed by atoms with van der Waals surface area (Å²) in [7, 11) is -0.738. The second-order valence-electron chi connectivity index (χ2n) is 3.94. The lowest BCUT2D eigenvalue weighted by atomic mass is 10.2. The number of hydrogen-bond donors (Lipinski definition) is 1. The highest BCUT2D eigenvalue weighted by Gasteiger charge is 2.03. The molecule has 0 aromatic heterocycles. The maximum Gasteiger partial charge on any atom is 0.133 e. The molecule has 0 heterocycles. The van der Waals surface area contributed by atoms with E-state index in [2.05, 4.69) is 44.5 Å². The van der Waals surface area contributed by atoms with Gasteiger partial charge < -0.3 is 4.98 Å². The van der Waals surface area contributed by atoms with Gasteiger partial charge in [-0.25, -0.2) is 0 Å². The summed E-state index contributed by atoms with van der Waals surface area (Å²) < 4.78 is 0. The highest BCUT2D eigenvalue weighted by molar-refractivity contribution is 6.61. The van der Waals surface area contributed by atoms with Crippen molar-refractivity contribution in [2.45, 2.75) is 46.6 Å². The smallest absolute Gasteiger partial charge is 0.133 e. The largest absolute Gasteiger partial charge is 0.337 e. The van der Waals surface area contributed by atoms with Crippen LogP contribution in [0.5, 0.6) is 0 Å². The van der Waals surface area contributed by atoms with Crippen LogP contribution in [0.4, 0.5) is 0 Å². The average molecular weight is 199 g/mol. The molecular formula is C11H25NSi. The van der Waals surface area contributed by atoms with Gasteiger partial charge in [-0.05, 0) is 18.5 Å². The molecule has 0 aliphatic carbocycles. The van der Waals surface area contributed by atoms with Crippen molar-refractivity contribution in [3.8, 4) is 0 Å². The molecule has 1 atom stereocenters. The highest BCUT2D eigenvalue weighted by Crippen LogP contribution is 2.02. The fourth-order valence-electron chi connectivity index (χ4n) is 1.31. The van der Waals surface area contributed by atoms with Crippen molar-refractivity contribution in [3.05, 3.63) is 11.8 Å². The normalized spacial score (nSPS) is 14.2. The van der Waals surface area contributed by atoms with E-state index >= 15 is 0 Å². The van der Waals surface area contributed by atoms with Crippen molar-refractivity contribution >= 4 is 8.96 Å². The third-order valence-electron chi connectivity index (χ3n) is 2.06. The van der Waals surface area contributed by atoms with Crippen molar-refractivity contribution in [2.24, 2.45) is 5.92 Å². The highest BCUT2D eigenvalue weighted by atomic mass is 28.3. The SMILES string of the molecule is CCCC[SiH](C=CC(C)C)NCC. The summed E-state index contributed by atoms with van der Waals surface area (Å²) in [4.78, 5) is 3.62. The third kappa shape index (κ3) is 8.25. The Morgan fingerprint density at radius 3 is 2.46 bits per heavy atom. The van der Waals surface area contributed by atoms with Crippen molar-refractivity contribution in [1.82, 2.24) is 4.98 Å². The molecule has 0 spiro atoms. The molecule has 0 aliphatic rings. The maximum absolute atomic E-state index is 3.62.